The third kappa shape index (κ3) is 4.97. The quantitative estimate of drug-likeness (QED) is 0.427. The Kier molecular flexibility index (Phi) is 6.47. The molecule has 3 aromatic rings. The van der Waals surface area contributed by atoms with Gasteiger partial charge in [-0.15, -0.1) is 0 Å². The van der Waals surface area contributed by atoms with Crippen LogP contribution in [-0.4, -0.2) is 30.4 Å². The van der Waals surface area contributed by atoms with Gasteiger partial charge in [0, 0.05) is 22.8 Å². The van der Waals surface area contributed by atoms with Crippen LogP contribution < -0.4 is 10.6 Å². The summed E-state index contributed by atoms with van der Waals surface area (Å²) in [6.45, 7) is 3.57. The fourth-order valence-corrected chi connectivity index (χ4v) is 4.82. The molecule has 2 aliphatic heterocycles. The molecule has 0 saturated carbocycles. The van der Waals surface area contributed by atoms with Crippen LogP contribution in [0.2, 0.25) is 5.02 Å². The second-order valence-electron chi connectivity index (χ2n) is 8.73. The number of rotatable bonds is 6. The summed E-state index contributed by atoms with van der Waals surface area (Å²) in [7, 11) is 0. The van der Waals surface area contributed by atoms with E-state index in [1.54, 1.807) is 6.07 Å². The Balaban J connectivity index is 1.41. The van der Waals surface area contributed by atoms with Crippen molar-refractivity contribution in [2.75, 3.05) is 30.3 Å². The number of likely N-dealkylation sites (tertiary alicyclic amines) is 1. The molecule has 3 aromatic carbocycles. The van der Waals surface area contributed by atoms with Crippen LogP contribution in [0.1, 0.15) is 36.0 Å². The molecule has 2 heterocycles. The maximum atomic E-state index is 13.0. The van der Waals surface area contributed by atoms with Crippen LogP contribution in [0.3, 0.4) is 0 Å². The Bertz CT molecular complexity index is 1170. The summed E-state index contributed by atoms with van der Waals surface area (Å²) >= 11 is 6.15. The molecule has 0 atom stereocenters. The van der Waals surface area contributed by atoms with Crippen LogP contribution in [0.15, 0.2) is 72.8 Å². The number of halogens is 1. The number of piperidine rings is 1. The Morgan fingerprint density at radius 3 is 2.45 bits per heavy atom. The standard InChI is InChI=1S/C28H28ClN3O/c29-22-11-14-24-25(19-22)31-28(33)26(24)27(21-7-3-1-4-8-21)30-23-12-9-20(10-13-23)15-18-32-16-5-2-6-17-32/h1,3-4,7-14,19,30H,2,5-6,15-18H2,(H,31,33)/b27-26-. The van der Waals surface area contributed by atoms with Crippen molar-refractivity contribution in [1.82, 2.24) is 4.90 Å². The second-order valence-corrected chi connectivity index (χ2v) is 9.17. The predicted molar refractivity (Wildman–Crippen MR) is 137 cm³/mol. The molecule has 0 bridgehead atoms. The highest BCUT2D eigenvalue weighted by Gasteiger charge is 2.28. The molecule has 1 fully saturated rings. The van der Waals surface area contributed by atoms with Crippen molar-refractivity contribution in [2.45, 2.75) is 25.7 Å². The number of anilines is 2. The molecular weight excluding hydrogens is 430 g/mol. The lowest BCUT2D eigenvalue weighted by Crippen LogP contribution is -2.31. The van der Waals surface area contributed by atoms with E-state index in [-0.39, 0.29) is 5.91 Å². The number of fused-ring (bicyclic) bond motifs is 1. The van der Waals surface area contributed by atoms with Crippen LogP contribution in [-0.2, 0) is 11.2 Å². The molecule has 1 saturated heterocycles. The van der Waals surface area contributed by atoms with Gasteiger partial charge in [0.05, 0.1) is 17.0 Å². The molecule has 33 heavy (non-hydrogen) atoms. The normalized spacial score (nSPS) is 17.4. The highest BCUT2D eigenvalue weighted by molar-refractivity contribution is 6.38. The summed E-state index contributed by atoms with van der Waals surface area (Å²) < 4.78 is 0. The van der Waals surface area contributed by atoms with Gasteiger partial charge in [-0.2, -0.15) is 0 Å². The topological polar surface area (TPSA) is 44.4 Å². The van der Waals surface area contributed by atoms with Crippen molar-refractivity contribution >= 4 is 40.2 Å². The van der Waals surface area contributed by atoms with E-state index in [1.165, 1.54) is 37.9 Å². The van der Waals surface area contributed by atoms with E-state index >= 15 is 0 Å². The van der Waals surface area contributed by atoms with Gasteiger partial charge in [-0.1, -0.05) is 66.6 Å². The van der Waals surface area contributed by atoms with E-state index in [0.29, 0.717) is 10.6 Å². The molecule has 1 amide bonds. The molecule has 0 aromatic heterocycles. The molecule has 2 aliphatic rings. The number of carbonyl (C=O) groups is 1. The average Bonchev–Trinajstić information content (AvgIpc) is 3.17. The minimum absolute atomic E-state index is 0.128. The molecule has 5 heteroatoms. The first-order valence-electron chi connectivity index (χ1n) is 11.7. The lowest BCUT2D eigenvalue weighted by molar-refractivity contribution is -0.110. The van der Waals surface area contributed by atoms with Crippen LogP contribution in [0.25, 0.3) is 11.3 Å². The first-order chi connectivity index (χ1) is 16.2. The van der Waals surface area contributed by atoms with Gasteiger partial charge < -0.3 is 15.5 Å². The Morgan fingerprint density at radius 1 is 0.939 bits per heavy atom. The van der Waals surface area contributed by atoms with Crippen molar-refractivity contribution in [1.29, 1.82) is 0 Å². The fraction of sp³-hybridized carbons (Fsp3) is 0.250. The molecule has 2 N–H and O–H groups in total. The molecule has 0 radical (unpaired) electrons. The van der Waals surface area contributed by atoms with E-state index in [2.05, 4.69) is 39.8 Å². The number of hydrogen-bond acceptors (Lipinski definition) is 3. The minimum atomic E-state index is -0.128. The maximum absolute atomic E-state index is 13.0. The lowest BCUT2D eigenvalue weighted by Gasteiger charge is -2.26. The summed E-state index contributed by atoms with van der Waals surface area (Å²) in [4.78, 5) is 15.5. The van der Waals surface area contributed by atoms with Gasteiger partial charge in [-0.25, -0.2) is 0 Å². The van der Waals surface area contributed by atoms with Crippen molar-refractivity contribution < 1.29 is 4.79 Å². The monoisotopic (exact) mass is 457 g/mol. The molecular formula is C28H28ClN3O. The fourth-order valence-electron chi connectivity index (χ4n) is 4.65. The van der Waals surface area contributed by atoms with E-state index in [4.69, 9.17) is 11.6 Å². The predicted octanol–water partition coefficient (Wildman–Crippen LogP) is 6.30. The van der Waals surface area contributed by atoms with E-state index in [1.807, 2.05) is 42.5 Å². The van der Waals surface area contributed by atoms with E-state index in [0.717, 1.165) is 41.2 Å². The zero-order valence-corrected chi connectivity index (χ0v) is 19.4. The van der Waals surface area contributed by atoms with Gasteiger partial charge in [-0.05, 0) is 67.7 Å². The number of benzene rings is 3. The zero-order chi connectivity index (χ0) is 22.6. The van der Waals surface area contributed by atoms with Gasteiger partial charge in [0.15, 0.2) is 0 Å². The second kappa shape index (κ2) is 9.82. The number of amides is 1. The van der Waals surface area contributed by atoms with Crippen LogP contribution in [0.4, 0.5) is 11.4 Å². The third-order valence-corrected chi connectivity index (χ3v) is 6.66. The third-order valence-electron chi connectivity index (χ3n) is 6.43. The van der Waals surface area contributed by atoms with Gasteiger partial charge in [-0.3, -0.25) is 4.79 Å². The molecule has 0 unspecified atom stereocenters. The lowest BCUT2D eigenvalue weighted by atomic mass is 10.00. The summed E-state index contributed by atoms with van der Waals surface area (Å²) in [5.74, 6) is -0.128. The number of nitrogens with one attached hydrogen (secondary N) is 2. The Morgan fingerprint density at radius 2 is 1.70 bits per heavy atom. The van der Waals surface area contributed by atoms with Gasteiger partial charge in [0.2, 0.25) is 0 Å². The van der Waals surface area contributed by atoms with Crippen molar-refractivity contribution in [3.05, 3.63) is 94.5 Å². The molecule has 0 spiro atoms. The van der Waals surface area contributed by atoms with Crippen LogP contribution in [0.5, 0.6) is 0 Å². The first-order valence-corrected chi connectivity index (χ1v) is 12.0. The Hall–Kier alpha value is -3.08. The highest BCUT2D eigenvalue weighted by Crippen LogP contribution is 2.38. The van der Waals surface area contributed by atoms with Gasteiger partial charge >= 0.3 is 0 Å². The highest BCUT2D eigenvalue weighted by atomic mass is 35.5. The summed E-state index contributed by atoms with van der Waals surface area (Å²) in [6.07, 6.45) is 5.07. The van der Waals surface area contributed by atoms with Crippen molar-refractivity contribution in [2.24, 2.45) is 0 Å². The summed E-state index contributed by atoms with van der Waals surface area (Å²) in [6, 6.07) is 24.1. The SMILES string of the molecule is O=C1Nc2cc(Cl)ccc2/C1=C(/Nc1ccc(CCN2CCCCC2)cc1)c1ccccc1. The Labute approximate surface area is 200 Å². The number of carbonyl (C=O) groups excluding carboxylic acids is 1. The summed E-state index contributed by atoms with van der Waals surface area (Å²) in [5, 5.41) is 7.09. The minimum Gasteiger partial charge on any atom is -0.354 e. The average molecular weight is 458 g/mol. The number of nitrogens with zero attached hydrogens (tertiary/aromatic N) is 1. The molecule has 5 rings (SSSR count). The van der Waals surface area contributed by atoms with Gasteiger partial charge in [0.1, 0.15) is 0 Å². The van der Waals surface area contributed by atoms with E-state index in [9.17, 15) is 4.79 Å². The zero-order valence-electron chi connectivity index (χ0n) is 18.6. The largest absolute Gasteiger partial charge is 0.354 e. The smallest absolute Gasteiger partial charge is 0.258 e. The van der Waals surface area contributed by atoms with Gasteiger partial charge in [0.25, 0.3) is 5.91 Å². The molecule has 168 valence electrons. The molecule has 0 aliphatic carbocycles. The van der Waals surface area contributed by atoms with Crippen LogP contribution in [0, 0.1) is 0 Å². The molecule has 4 nitrogen and oxygen atoms in total. The maximum Gasteiger partial charge on any atom is 0.258 e. The van der Waals surface area contributed by atoms with Crippen molar-refractivity contribution in [3.8, 4) is 0 Å². The first kappa shape index (κ1) is 21.7. The van der Waals surface area contributed by atoms with E-state index < -0.39 is 0 Å². The van der Waals surface area contributed by atoms with Crippen molar-refractivity contribution in [3.63, 3.8) is 0 Å². The van der Waals surface area contributed by atoms with Crippen LogP contribution >= 0.6 is 11.6 Å². The number of hydrogen-bond donors (Lipinski definition) is 2. The summed E-state index contributed by atoms with van der Waals surface area (Å²) in [5.41, 5.74) is 6.26.